The molecule has 0 unspecified atom stereocenters. The molecule has 46 valence electrons. The summed E-state index contributed by atoms with van der Waals surface area (Å²) >= 11 is 0. The van der Waals surface area contributed by atoms with Crippen molar-refractivity contribution in [2.75, 3.05) is 6.61 Å². The molecule has 0 saturated heterocycles. The average molecular weight is 115 g/mol. The van der Waals surface area contributed by atoms with Crippen LogP contribution < -0.4 is 0 Å². The van der Waals surface area contributed by atoms with E-state index in [1.807, 2.05) is 6.92 Å². The Morgan fingerprint density at radius 1 is 1.88 bits per heavy atom. The Kier molecular flexibility index (Phi) is 4.03. The second-order valence-corrected chi connectivity index (χ2v) is 1.45. The largest absolute Gasteiger partial charge is 0.396 e. The first-order chi connectivity index (χ1) is 3.85. The first-order valence-electron chi connectivity index (χ1n) is 2.50. The van der Waals surface area contributed by atoms with Gasteiger partial charge < -0.3 is 5.11 Å². The Hall–Kier alpha value is -0.730. The van der Waals surface area contributed by atoms with Gasteiger partial charge in [0, 0.05) is 4.91 Å². The summed E-state index contributed by atoms with van der Waals surface area (Å²) in [7, 11) is 0. The fourth-order valence-corrected chi connectivity index (χ4v) is 0.320. The van der Waals surface area contributed by atoms with Gasteiger partial charge in [-0.05, 0) is 12.0 Å². The third kappa shape index (κ3) is 2.44. The van der Waals surface area contributed by atoms with Crippen LogP contribution in [0, 0.1) is 0 Å². The van der Waals surface area contributed by atoms with Crippen LogP contribution in [0.5, 0.6) is 0 Å². The SMILES string of the molecule is CC[C@H](CO)N=[N+]=[N-]. The lowest BCUT2D eigenvalue weighted by Gasteiger charge is -1.98. The molecule has 0 saturated carbocycles. The van der Waals surface area contributed by atoms with Crippen molar-refractivity contribution in [1.29, 1.82) is 0 Å². The van der Waals surface area contributed by atoms with Crippen molar-refractivity contribution in [2.45, 2.75) is 19.4 Å². The molecule has 0 aliphatic heterocycles. The van der Waals surface area contributed by atoms with Crippen molar-refractivity contribution in [3.63, 3.8) is 0 Å². The Bertz CT molecular complexity index is 93.5. The lowest BCUT2D eigenvalue weighted by atomic mass is 10.3. The van der Waals surface area contributed by atoms with Gasteiger partial charge in [-0.1, -0.05) is 12.0 Å². The molecule has 8 heavy (non-hydrogen) atoms. The zero-order valence-electron chi connectivity index (χ0n) is 4.78. The second-order valence-electron chi connectivity index (χ2n) is 1.45. The Morgan fingerprint density at radius 3 is 2.62 bits per heavy atom. The normalized spacial score (nSPS) is 12.2. The maximum Gasteiger partial charge on any atom is 0.0602 e. The molecule has 1 N–H and O–H groups in total. The molecular weight excluding hydrogens is 106 g/mol. The molecule has 0 aromatic heterocycles. The van der Waals surface area contributed by atoms with Gasteiger partial charge in [-0.3, -0.25) is 0 Å². The van der Waals surface area contributed by atoms with E-state index in [2.05, 4.69) is 10.0 Å². The molecule has 0 bridgehead atoms. The third-order valence-corrected chi connectivity index (χ3v) is 0.897. The highest BCUT2D eigenvalue weighted by Crippen LogP contribution is 1.93. The molecule has 0 heterocycles. The van der Waals surface area contributed by atoms with Crippen LogP contribution in [0.2, 0.25) is 0 Å². The molecule has 0 fully saturated rings. The maximum atomic E-state index is 8.39. The van der Waals surface area contributed by atoms with E-state index in [9.17, 15) is 0 Å². The second kappa shape index (κ2) is 4.43. The zero-order chi connectivity index (χ0) is 6.41. The minimum atomic E-state index is -0.236. The Labute approximate surface area is 47.8 Å². The number of hydrogen-bond donors (Lipinski definition) is 1. The molecule has 0 spiro atoms. The summed E-state index contributed by atoms with van der Waals surface area (Å²) in [6.45, 7) is 1.80. The Balaban J connectivity index is 3.52. The van der Waals surface area contributed by atoms with Crippen LogP contribution in [0.15, 0.2) is 5.11 Å². The van der Waals surface area contributed by atoms with Crippen LogP contribution in [-0.4, -0.2) is 17.8 Å². The van der Waals surface area contributed by atoms with Gasteiger partial charge in [-0.15, -0.1) is 0 Å². The molecule has 0 aromatic rings. The van der Waals surface area contributed by atoms with E-state index >= 15 is 0 Å². The summed E-state index contributed by atoms with van der Waals surface area (Å²) in [5, 5.41) is 11.7. The monoisotopic (exact) mass is 115 g/mol. The van der Waals surface area contributed by atoms with Crippen molar-refractivity contribution in [3.05, 3.63) is 10.4 Å². The molecule has 0 amide bonds. The highest BCUT2D eigenvalue weighted by atomic mass is 16.3. The molecule has 0 aromatic carbocycles. The molecule has 0 aliphatic rings. The first-order valence-corrected chi connectivity index (χ1v) is 2.50. The van der Waals surface area contributed by atoms with Gasteiger partial charge in [0.15, 0.2) is 0 Å². The highest BCUT2D eigenvalue weighted by molar-refractivity contribution is 4.61. The molecule has 0 rings (SSSR count). The van der Waals surface area contributed by atoms with Crippen molar-refractivity contribution in [3.8, 4) is 0 Å². The van der Waals surface area contributed by atoms with Gasteiger partial charge in [0.25, 0.3) is 0 Å². The molecular formula is C4H9N3O. The van der Waals surface area contributed by atoms with Gasteiger partial charge in [0.05, 0.1) is 12.6 Å². The number of aliphatic hydroxyl groups is 1. The van der Waals surface area contributed by atoms with Crippen LogP contribution in [-0.2, 0) is 0 Å². The lowest BCUT2D eigenvalue weighted by molar-refractivity contribution is 0.263. The van der Waals surface area contributed by atoms with Crippen LogP contribution in [0.4, 0.5) is 0 Å². The number of azide groups is 1. The summed E-state index contributed by atoms with van der Waals surface area (Å²) in [5.41, 5.74) is 7.85. The number of hydrogen-bond acceptors (Lipinski definition) is 2. The van der Waals surface area contributed by atoms with Gasteiger partial charge >= 0.3 is 0 Å². The topological polar surface area (TPSA) is 69.0 Å². The van der Waals surface area contributed by atoms with E-state index in [4.69, 9.17) is 10.6 Å². The van der Waals surface area contributed by atoms with Crippen molar-refractivity contribution >= 4 is 0 Å². The minimum Gasteiger partial charge on any atom is -0.396 e. The Morgan fingerprint density at radius 2 is 2.50 bits per heavy atom. The molecule has 1 atom stereocenters. The summed E-state index contributed by atoms with van der Waals surface area (Å²) in [6.07, 6.45) is 0.695. The van der Waals surface area contributed by atoms with E-state index in [-0.39, 0.29) is 12.6 Å². The van der Waals surface area contributed by atoms with Crippen LogP contribution in [0.1, 0.15) is 13.3 Å². The van der Waals surface area contributed by atoms with E-state index < -0.39 is 0 Å². The average Bonchev–Trinajstić information content (AvgIpc) is 1.83. The fourth-order valence-electron chi connectivity index (χ4n) is 0.320. The van der Waals surface area contributed by atoms with Crippen molar-refractivity contribution < 1.29 is 5.11 Å². The summed E-state index contributed by atoms with van der Waals surface area (Å²) in [6, 6.07) is -0.236. The number of rotatable bonds is 3. The van der Waals surface area contributed by atoms with E-state index in [0.29, 0.717) is 6.42 Å². The molecule has 4 heteroatoms. The summed E-state index contributed by atoms with van der Waals surface area (Å²) < 4.78 is 0. The standard InChI is InChI=1S/C4H9N3O/c1-2-4(3-8)6-7-5/h4,8H,2-3H2,1H3/t4-/m1/s1. The number of aliphatic hydroxyl groups excluding tert-OH is 1. The summed E-state index contributed by atoms with van der Waals surface area (Å²) in [5.74, 6) is 0. The highest BCUT2D eigenvalue weighted by Gasteiger charge is 1.97. The van der Waals surface area contributed by atoms with E-state index in [0.717, 1.165) is 0 Å². The first kappa shape index (κ1) is 7.27. The zero-order valence-corrected chi connectivity index (χ0v) is 4.78. The van der Waals surface area contributed by atoms with Gasteiger partial charge in [-0.25, -0.2) is 0 Å². The smallest absolute Gasteiger partial charge is 0.0602 e. The fraction of sp³-hybridized carbons (Fsp3) is 1.00. The van der Waals surface area contributed by atoms with Gasteiger partial charge in [-0.2, -0.15) is 0 Å². The van der Waals surface area contributed by atoms with Crippen molar-refractivity contribution in [1.82, 2.24) is 0 Å². The third-order valence-electron chi connectivity index (χ3n) is 0.897. The van der Waals surface area contributed by atoms with Crippen LogP contribution >= 0.6 is 0 Å². The predicted molar refractivity (Wildman–Crippen MR) is 30.3 cm³/mol. The van der Waals surface area contributed by atoms with E-state index in [1.54, 1.807) is 0 Å². The number of nitrogens with zero attached hydrogens (tertiary/aromatic N) is 3. The van der Waals surface area contributed by atoms with Crippen molar-refractivity contribution in [2.24, 2.45) is 5.11 Å². The van der Waals surface area contributed by atoms with E-state index in [1.165, 1.54) is 0 Å². The van der Waals surface area contributed by atoms with Crippen LogP contribution in [0.25, 0.3) is 10.4 Å². The molecule has 0 aliphatic carbocycles. The lowest BCUT2D eigenvalue weighted by Crippen LogP contribution is -2.05. The summed E-state index contributed by atoms with van der Waals surface area (Å²) in [4.78, 5) is 2.54. The predicted octanol–water partition coefficient (Wildman–Crippen LogP) is 1.07. The van der Waals surface area contributed by atoms with Gasteiger partial charge in [0.2, 0.25) is 0 Å². The molecule has 0 radical (unpaired) electrons. The maximum absolute atomic E-state index is 8.39. The van der Waals surface area contributed by atoms with Gasteiger partial charge in [0.1, 0.15) is 0 Å². The quantitative estimate of drug-likeness (QED) is 0.333. The minimum absolute atomic E-state index is 0.0550. The van der Waals surface area contributed by atoms with Crippen LogP contribution in [0.3, 0.4) is 0 Å². The molecule has 4 nitrogen and oxygen atoms in total.